The molecule has 156 valence electrons. The fraction of sp³-hybridized carbons (Fsp3) is 0.409. The van der Waals surface area contributed by atoms with Gasteiger partial charge in [-0.05, 0) is 44.0 Å². The van der Waals surface area contributed by atoms with Crippen molar-refractivity contribution in [2.45, 2.75) is 43.5 Å². The number of sulfonamides is 1. The van der Waals surface area contributed by atoms with Crippen LogP contribution in [0.5, 0.6) is 0 Å². The SMILES string of the molecule is C[C@H]([NH2+]CC(=O)Nc1ccc(S(=O)(=O)N2CCCCCC2)cc1)c1ccccc1. The van der Waals surface area contributed by atoms with Crippen LogP contribution in [0.1, 0.15) is 44.2 Å². The maximum absolute atomic E-state index is 12.8. The molecule has 1 aliphatic rings. The van der Waals surface area contributed by atoms with Crippen LogP contribution >= 0.6 is 0 Å². The number of rotatable bonds is 7. The summed E-state index contributed by atoms with van der Waals surface area (Å²) in [6.07, 6.45) is 3.98. The molecule has 1 atom stereocenters. The molecule has 0 radical (unpaired) electrons. The van der Waals surface area contributed by atoms with Crippen LogP contribution in [-0.4, -0.2) is 38.3 Å². The summed E-state index contributed by atoms with van der Waals surface area (Å²) in [7, 11) is -3.47. The van der Waals surface area contributed by atoms with Gasteiger partial charge in [-0.3, -0.25) is 4.79 Å². The lowest BCUT2D eigenvalue weighted by Gasteiger charge is -2.20. The van der Waals surface area contributed by atoms with E-state index in [9.17, 15) is 13.2 Å². The number of nitrogens with one attached hydrogen (secondary N) is 1. The number of nitrogens with two attached hydrogens (primary N) is 1. The predicted octanol–water partition coefficient (Wildman–Crippen LogP) is 2.51. The maximum Gasteiger partial charge on any atom is 0.279 e. The van der Waals surface area contributed by atoms with Gasteiger partial charge in [-0.15, -0.1) is 0 Å². The molecule has 3 rings (SSSR count). The van der Waals surface area contributed by atoms with Gasteiger partial charge in [0.2, 0.25) is 10.0 Å². The monoisotopic (exact) mass is 416 g/mol. The maximum atomic E-state index is 12.8. The van der Waals surface area contributed by atoms with E-state index in [1.807, 2.05) is 35.6 Å². The molecule has 2 aromatic carbocycles. The number of hydrogen-bond donors (Lipinski definition) is 2. The molecule has 1 amide bonds. The summed E-state index contributed by atoms with van der Waals surface area (Å²) in [4.78, 5) is 12.5. The van der Waals surface area contributed by atoms with Crippen LogP contribution in [0, 0.1) is 0 Å². The van der Waals surface area contributed by atoms with Gasteiger partial charge in [0.1, 0.15) is 6.04 Å². The summed E-state index contributed by atoms with van der Waals surface area (Å²) < 4.78 is 27.2. The van der Waals surface area contributed by atoms with E-state index < -0.39 is 10.0 Å². The second kappa shape index (κ2) is 10.0. The number of carbonyl (C=O) groups excluding carboxylic acids is 1. The number of amides is 1. The molecular weight excluding hydrogens is 386 g/mol. The number of quaternary nitrogens is 1. The molecule has 0 aliphatic carbocycles. The summed E-state index contributed by atoms with van der Waals surface area (Å²) in [5.74, 6) is -0.115. The number of benzene rings is 2. The Hall–Kier alpha value is -2.22. The predicted molar refractivity (Wildman–Crippen MR) is 114 cm³/mol. The van der Waals surface area contributed by atoms with Gasteiger partial charge < -0.3 is 10.6 Å². The topological polar surface area (TPSA) is 83.1 Å². The lowest BCUT2D eigenvalue weighted by molar-refractivity contribution is -0.682. The van der Waals surface area contributed by atoms with Crippen LogP contribution < -0.4 is 10.6 Å². The van der Waals surface area contributed by atoms with Crippen molar-refractivity contribution < 1.29 is 18.5 Å². The summed E-state index contributed by atoms with van der Waals surface area (Å²) in [5.41, 5.74) is 1.77. The number of carbonyl (C=O) groups is 1. The lowest BCUT2D eigenvalue weighted by Crippen LogP contribution is -2.86. The van der Waals surface area contributed by atoms with Gasteiger partial charge in [0.15, 0.2) is 6.54 Å². The van der Waals surface area contributed by atoms with Crippen molar-refractivity contribution in [1.82, 2.24) is 4.31 Å². The molecule has 0 saturated carbocycles. The van der Waals surface area contributed by atoms with Crippen LogP contribution in [0.15, 0.2) is 59.5 Å². The molecule has 1 saturated heterocycles. The molecule has 1 aliphatic heterocycles. The van der Waals surface area contributed by atoms with Crippen LogP contribution in [0.4, 0.5) is 5.69 Å². The Balaban J connectivity index is 1.55. The van der Waals surface area contributed by atoms with Crippen molar-refractivity contribution in [2.24, 2.45) is 0 Å². The van der Waals surface area contributed by atoms with E-state index in [2.05, 4.69) is 12.2 Å². The Labute approximate surface area is 173 Å². The Morgan fingerprint density at radius 2 is 1.62 bits per heavy atom. The fourth-order valence-electron chi connectivity index (χ4n) is 3.53. The fourth-order valence-corrected chi connectivity index (χ4v) is 5.05. The molecular formula is C22H30N3O3S+. The zero-order chi connectivity index (χ0) is 20.7. The van der Waals surface area contributed by atoms with Crippen LogP contribution in [-0.2, 0) is 14.8 Å². The molecule has 7 heteroatoms. The van der Waals surface area contributed by atoms with E-state index >= 15 is 0 Å². The smallest absolute Gasteiger partial charge is 0.279 e. The van der Waals surface area contributed by atoms with E-state index in [1.54, 1.807) is 28.6 Å². The summed E-state index contributed by atoms with van der Waals surface area (Å²) in [6, 6.07) is 16.7. The molecule has 2 aromatic rings. The Morgan fingerprint density at radius 1 is 1.00 bits per heavy atom. The van der Waals surface area contributed by atoms with Crippen LogP contribution in [0.25, 0.3) is 0 Å². The standard InChI is InChI=1S/C22H29N3O3S/c1-18(19-9-5-4-6-10-19)23-17-22(26)24-20-11-13-21(14-12-20)29(27,28)25-15-7-2-3-8-16-25/h4-6,9-14,18,23H,2-3,7-8,15-17H2,1H3,(H,24,26)/p+1/t18-/m0/s1. The van der Waals surface area contributed by atoms with Gasteiger partial charge in [0, 0.05) is 24.3 Å². The van der Waals surface area contributed by atoms with Gasteiger partial charge in [-0.1, -0.05) is 43.2 Å². The highest BCUT2D eigenvalue weighted by Gasteiger charge is 2.25. The van der Waals surface area contributed by atoms with Gasteiger partial charge in [0.25, 0.3) is 5.91 Å². The largest absolute Gasteiger partial charge is 0.333 e. The summed E-state index contributed by atoms with van der Waals surface area (Å²) in [6.45, 7) is 3.52. The van der Waals surface area contributed by atoms with Crippen molar-refractivity contribution in [3.05, 3.63) is 60.2 Å². The zero-order valence-corrected chi connectivity index (χ0v) is 17.7. The molecule has 0 aromatic heterocycles. The Bertz CT molecular complexity index is 891. The third kappa shape index (κ3) is 5.88. The number of nitrogens with zero attached hydrogens (tertiary/aromatic N) is 1. The van der Waals surface area contributed by atoms with Crippen molar-refractivity contribution in [2.75, 3.05) is 25.0 Å². The van der Waals surface area contributed by atoms with Crippen LogP contribution in [0.3, 0.4) is 0 Å². The van der Waals surface area contributed by atoms with Gasteiger partial charge >= 0.3 is 0 Å². The van der Waals surface area contributed by atoms with E-state index in [1.165, 1.54) is 5.56 Å². The minimum Gasteiger partial charge on any atom is -0.333 e. The van der Waals surface area contributed by atoms with E-state index in [4.69, 9.17) is 0 Å². The van der Waals surface area contributed by atoms with Crippen molar-refractivity contribution in [3.8, 4) is 0 Å². The van der Waals surface area contributed by atoms with Crippen molar-refractivity contribution in [3.63, 3.8) is 0 Å². The number of anilines is 1. The Morgan fingerprint density at radius 3 is 2.24 bits per heavy atom. The lowest BCUT2D eigenvalue weighted by atomic mass is 10.1. The first kappa shape index (κ1) is 21.5. The van der Waals surface area contributed by atoms with Crippen molar-refractivity contribution >= 4 is 21.6 Å². The average Bonchev–Trinajstić information content (AvgIpc) is 3.03. The summed E-state index contributed by atoms with van der Waals surface area (Å²) in [5, 5.41) is 4.81. The Kier molecular flexibility index (Phi) is 7.41. The molecule has 0 spiro atoms. The summed E-state index contributed by atoms with van der Waals surface area (Å²) >= 11 is 0. The molecule has 29 heavy (non-hydrogen) atoms. The van der Waals surface area contributed by atoms with E-state index in [0.29, 0.717) is 25.3 Å². The van der Waals surface area contributed by atoms with Gasteiger partial charge in [-0.25, -0.2) is 8.42 Å². The first-order chi connectivity index (χ1) is 14.0. The van der Waals surface area contributed by atoms with E-state index in [0.717, 1.165) is 25.7 Å². The molecule has 0 bridgehead atoms. The number of hydrogen-bond acceptors (Lipinski definition) is 3. The van der Waals surface area contributed by atoms with Crippen LogP contribution in [0.2, 0.25) is 0 Å². The minimum atomic E-state index is -3.47. The highest BCUT2D eigenvalue weighted by atomic mass is 32.2. The minimum absolute atomic E-state index is 0.115. The molecule has 6 nitrogen and oxygen atoms in total. The van der Waals surface area contributed by atoms with Gasteiger partial charge in [-0.2, -0.15) is 4.31 Å². The normalized spacial score (nSPS) is 16.7. The first-order valence-corrected chi connectivity index (χ1v) is 11.7. The molecule has 0 unspecified atom stereocenters. The molecule has 1 heterocycles. The van der Waals surface area contributed by atoms with Crippen molar-refractivity contribution in [1.29, 1.82) is 0 Å². The third-order valence-corrected chi connectivity index (χ3v) is 7.24. The second-order valence-electron chi connectivity index (χ2n) is 7.53. The van der Waals surface area contributed by atoms with Gasteiger partial charge in [0.05, 0.1) is 4.90 Å². The molecule has 1 fully saturated rings. The second-order valence-corrected chi connectivity index (χ2v) is 9.47. The first-order valence-electron chi connectivity index (χ1n) is 10.2. The third-order valence-electron chi connectivity index (χ3n) is 5.32. The highest BCUT2D eigenvalue weighted by molar-refractivity contribution is 7.89. The van der Waals surface area contributed by atoms with E-state index in [-0.39, 0.29) is 16.8 Å². The molecule has 3 N–H and O–H groups in total. The average molecular weight is 417 g/mol. The quantitative estimate of drug-likeness (QED) is 0.728. The zero-order valence-electron chi connectivity index (χ0n) is 16.9. The highest BCUT2D eigenvalue weighted by Crippen LogP contribution is 2.21.